The molecule has 4 rings (SSSR count). The van der Waals surface area contributed by atoms with Gasteiger partial charge in [0.25, 0.3) is 0 Å². The Morgan fingerprint density at radius 2 is 2.19 bits per heavy atom. The van der Waals surface area contributed by atoms with Crippen molar-refractivity contribution in [2.75, 3.05) is 6.61 Å². The molecule has 0 unspecified atom stereocenters. The molecule has 0 amide bonds. The van der Waals surface area contributed by atoms with E-state index in [1.54, 1.807) is 23.6 Å². The van der Waals surface area contributed by atoms with E-state index in [1.807, 2.05) is 25.3 Å². The standard InChI is InChI=1S/C21H20N4OS/c1-3-12-26-25-17-8-4-6-15-9-10-18(24-19(15)17)20-14(2)23-21(27-20)16-7-5-11-22-13-16/h3,5,7,9-11,13H,1,4,6,8,12H2,2H3/b25-17+. The highest BCUT2D eigenvalue weighted by Crippen LogP contribution is 2.35. The first kappa shape index (κ1) is 17.5. The molecule has 0 aromatic carbocycles. The molecule has 0 radical (unpaired) electrons. The predicted octanol–water partition coefficient (Wildman–Crippen LogP) is 4.82. The van der Waals surface area contributed by atoms with Crippen LogP contribution in [0.15, 0.2) is 54.5 Å². The van der Waals surface area contributed by atoms with Gasteiger partial charge in [-0.05, 0) is 49.9 Å². The van der Waals surface area contributed by atoms with E-state index in [-0.39, 0.29) is 0 Å². The minimum absolute atomic E-state index is 0.404. The first-order valence-electron chi connectivity index (χ1n) is 8.94. The van der Waals surface area contributed by atoms with Crippen molar-refractivity contribution in [3.63, 3.8) is 0 Å². The zero-order chi connectivity index (χ0) is 18.6. The van der Waals surface area contributed by atoms with Crippen LogP contribution in [0.25, 0.3) is 21.1 Å². The van der Waals surface area contributed by atoms with Gasteiger partial charge in [0.05, 0.1) is 22.0 Å². The molecular formula is C21H20N4OS. The molecule has 1 aliphatic carbocycles. The Kier molecular flexibility index (Phi) is 5.07. The summed E-state index contributed by atoms with van der Waals surface area (Å²) in [5.41, 5.74) is 6.00. The number of fused-ring (bicyclic) bond motifs is 1. The minimum atomic E-state index is 0.404. The number of rotatable bonds is 5. The van der Waals surface area contributed by atoms with Gasteiger partial charge < -0.3 is 4.84 Å². The number of nitrogens with zero attached hydrogens (tertiary/aromatic N) is 4. The lowest BCUT2D eigenvalue weighted by Crippen LogP contribution is -2.15. The summed E-state index contributed by atoms with van der Waals surface area (Å²) in [6, 6.07) is 8.19. The van der Waals surface area contributed by atoms with Crippen LogP contribution < -0.4 is 0 Å². The summed E-state index contributed by atoms with van der Waals surface area (Å²) in [6.45, 7) is 6.09. The average Bonchev–Trinajstić information content (AvgIpc) is 3.10. The molecule has 3 aromatic rings. The quantitative estimate of drug-likeness (QED) is 0.364. The minimum Gasteiger partial charge on any atom is -0.391 e. The highest BCUT2D eigenvalue weighted by molar-refractivity contribution is 7.18. The Morgan fingerprint density at radius 3 is 3.00 bits per heavy atom. The van der Waals surface area contributed by atoms with Crippen LogP contribution in [0.5, 0.6) is 0 Å². The fraction of sp³-hybridized carbons (Fsp3) is 0.238. The van der Waals surface area contributed by atoms with E-state index < -0.39 is 0 Å². The van der Waals surface area contributed by atoms with Crippen molar-refractivity contribution in [1.82, 2.24) is 15.0 Å². The average molecular weight is 376 g/mol. The molecule has 0 saturated heterocycles. The van der Waals surface area contributed by atoms with Crippen molar-refractivity contribution in [3.05, 3.63) is 66.3 Å². The van der Waals surface area contributed by atoms with Crippen LogP contribution in [0.1, 0.15) is 29.8 Å². The molecule has 136 valence electrons. The van der Waals surface area contributed by atoms with Crippen LogP contribution in [-0.4, -0.2) is 27.3 Å². The Balaban J connectivity index is 1.72. The Labute approximate surface area is 162 Å². The summed E-state index contributed by atoms with van der Waals surface area (Å²) in [5, 5.41) is 5.24. The van der Waals surface area contributed by atoms with Gasteiger partial charge in [-0.3, -0.25) is 4.98 Å². The van der Waals surface area contributed by atoms with E-state index >= 15 is 0 Å². The van der Waals surface area contributed by atoms with Gasteiger partial charge in [0.2, 0.25) is 0 Å². The van der Waals surface area contributed by atoms with Gasteiger partial charge in [-0.15, -0.1) is 11.3 Å². The van der Waals surface area contributed by atoms with E-state index in [9.17, 15) is 0 Å². The summed E-state index contributed by atoms with van der Waals surface area (Å²) >= 11 is 1.64. The largest absolute Gasteiger partial charge is 0.391 e. The smallest absolute Gasteiger partial charge is 0.135 e. The lowest BCUT2D eigenvalue weighted by molar-refractivity contribution is 0.174. The fourth-order valence-electron chi connectivity index (χ4n) is 3.13. The second-order valence-electron chi connectivity index (χ2n) is 6.36. The van der Waals surface area contributed by atoms with E-state index in [0.29, 0.717) is 6.61 Å². The van der Waals surface area contributed by atoms with Gasteiger partial charge in [-0.2, -0.15) is 0 Å². The second-order valence-corrected chi connectivity index (χ2v) is 7.35. The Morgan fingerprint density at radius 1 is 1.26 bits per heavy atom. The zero-order valence-electron chi connectivity index (χ0n) is 15.2. The maximum atomic E-state index is 5.32. The molecule has 3 heterocycles. The molecule has 6 heteroatoms. The van der Waals surface area contributed by atoms with Crippen LogP contribution in [-0.2, 0) is 11.3 Å². The van der Waals surface area contributed by atoms with Crippen LogP contribution in [0.4, 0.5) is 0 Å². The van der Waals surface area contributed by atoms with Crippen LogP contribution >= 0.6 is 11.3 Å². The van der Waals surface area contributed by atoms with Gasteiger partial charge in [0.1, 0.15) is 17.3 Å². The number of hydrogen-bond donors (Lipinski definition) is 0. The molecule has 3 aromatic heterocycles. The first-order chi connectivity index (χ1) is 13.3. The summed E-state index contributed by atoms with van der Waals surface area (Å²) in [6.07, 6.45) is 8.26. The number of aromatic nitrogens is 3. The highest BCUT2D eigenvalue weighted by atomic mass is 32.1. The third kappa shape index (κ3) is 3.66. The van der Waals surface area contributed by atoms with Crippen molar-refractivity contribution in [3.8, 4) is 21.1 Å². The van der Waals surface area contributed by atoms with Crippen LogP contribution in [0.3, 0.4) is 0 Å². The van der Waals surface area contributed by atoms with Gasteiger partial charge >= 0.3 is 0 Å². The second kappa shape index (κ2) is 7.80. The molecule has 0 saturated carbocycles. The van der Waals surface area contributed by atoms with Crippen LogP contribution in [0.2, 0.25) is 0 Å². The molecule has 1 aliphatic rings. The molecule has 0 aliphatic heterocycles. The third-order valence-corrected chi connectivity index (χ3v) is 5.65. The predicted molar refractivity (Wildman–Crippen MR) is 109 cm³/mol. The molecule has 0 bridgehead atoms. The van der Waals surface area contributed by atoms with Crippen molar-refractivity contribution < 1.29 is 4.84 Å². The van der Waals surface area contributed by atoms with E-state index in [2.05, 4.69) is 28.9 Å². The highest BCUT2D eigenvalue weighted by Gasteiger charge is 2.20. The Hall–Kier alpha value is -2.86. The van der Waals surface area contributed by atoms with Crippen molar-refractivity contribution in [2.24, 2.45) is 5.16 Å². The number of aryl methyl sites for hydroxylation is 2. The van der Waals surface area contributed by atoms with Gasteiger partial charge in [0.15, 0.2) is 0 Å². The van der Waals surface area contributed by atoms with E-state index in [0.717, 1.165) is 57.5 Å². The first-order valence-corrected chi connectivity index (χ1v) is 9.76. The molecule has 0 N–H and O–H groups in total. The molecule has 0 atom stereocenters. The lowest BCUT2D eigenvalue weighted by atomic mass is 9.94. The van der Waals surface area contributed by atoms with Gasteiger partial charge in [-0.1, -0.05) is 23.9 Å². The monoisotopic (exact) mass is 376 g/mol. The summed E-state index contributed by atoms with van der Waals surface area (Å²) in [7, 11) is 0. The number of oxime groups is 1. The van der Waals surface area contributed by atoms with Crippen molar-refractivity contribution in [2.45, 2.75) is 26.2 Å². The number of pyridine rings is 2. The maximum Gasteiger partial charge on any atom is 0.135 e. The van der Waals surface area contributed by atoms with Crippen molar-refractivity contribution in [1.29, 1.82) is 0 Å². The number of thiazole rings is 1. The van der Waals surface area contributed by atoms with E-state index in [1.165, 1.54) is 5.56 Å². The molecular weight excluding hydrogens is 356 g/mol. The molecule has 5 nitrogen and oxygen atoms in total. The van der Waals surface area contributed by atoms with Gasteiger partial charge in [-0.25, -0.2) is 9.97 Å². The van der Waals surface area contributed by atoms with Crippen molar-refractivity contribution >= 4 is 17.0 Å². The lowest BCUT2D eigenvalue weighted by Gasteiger charge is -2.17. The zero-order valence-corrected chi connectivity index (χ0v) is 16.0. The molecule has 0 spiro atoms. The SMILES string of the molecule is C=CCO/N=C1\CCCc2ccc(-c3sc(-c4cccnc4)nc3C)nc21. The Bertz CT molecular complexity index is 995. The molecule has 27 heavy (non-hydrogen) atoms. The van der Waals surface area contributed by atoms with Crippen LogP contribution in [0, 0.1) is 6.92 Å². The number of hydrogen-bond acceptors (Lipinski definition) is 6. The molecule has 0 fully saturated rings. The van der Waals surface area contributed by atoms with Gasteiger partial charge in [0, 0.05) is 18.0 Å². The summed E-state index contributed by atoms with van der Waals surface area (Å²) in [4.78, 5) is 20.2. The fourth-order valence-corrected chi connectivity index (χ4v) is 4.16. The maximum absolute atomic E-state index is 5.32. The summed E-state index contributed by atoms with van der Waals surface area (Å²) < 4.78 is 0. The third-order valence-electron chi connectivity index (χ3n) is 4.42. The van der Waals surface area contributed by atoms with E-state index in [4.69, 9.17) is 14.8 Å². The summed E-state index contributed by atoms with van der Waals surface area (Å²) in [5.74, 6) is 0. The normalized spacial score (nSPS) is 14.8. The topological polar surface area (TPSA) is 60.3 Å².